The maximum Gasteiger partial charge on any atom is 0.315 e. The van der Waals surface area contributed by atoms with E-state index in [1.54, 1.807) is 12.1 Å². The van der Waals surface area contributed by atoms with E-state index >= 15 is 0 Å². The number of rotatable bonds is 8. The summed E-state index contributed by atoms with van der Waals surface area (Å²) in [7, 11) is 3.97. The van der Waals surface area contributed by atoms with Crippen molar-refractivity contribution in [3.63, 3.8) is 0 Å². The van der Waals surface area contributed by atoms with Gasteiger partial charge in [-0.15, -0.1) is 0 Å². The molecule has 0 aliphatic heterocycles. The highest BCUT2D eigenvalue weighted by atomic mass is 16.4. The SMILES string of the molecule is CN(C)CCCNC(=O)NCc1ccccc1CC(=O)O. The van der Waals surface area contributed by atoms with Gasteiger partial charge in [0.15, 0.2) is 0 Å². The van der Waals surface area contributed by atoms with Crippen LogP contribution in [0.25, 0.3) is 0 Å². The standard InChI is InChI=1S/C15H23N3O3/c1-18(2)9-5-8-16-15(21)17-11-13-7-4-3-6-12(13)10-14(19)20/h3-4,6-7H,5,8-11H2,1-2H3,(H,19,20)(H2,16,17,21). The number of carbonyl (C=O) groups excluding carboxylic acids is 1. The summed E-state index contributed by atoms with van der Waals surface area (Å²) in [6, 6.07) is 6.98. The molecule has 0 fully saturated rings. The number of urea groups is 1. The van der Waals surface area contributed by atoms with Crippen LogP contribution in [0.3, 0.4) is 0 Å². The zero-order valence-electron chi connectivity index (χ0n) is 12.6. The second kappa shape index (κ2) is 8.97. The minimum atomic E-state index is -0.879. The van der Waals surface area contributed by atoms with Crippen LogP contribution in [0.1, 0.15) is 17.5 Å². The molecule has 1 aromatic rings. The second-order valence-corrected chi connectivity index (χ2v) is 5.11. The minimum absolute atomic E-state index is 0.0394. The number of nitrogens with zero attached hydrogens (tertiary/aromatic N) is 1. The Morgan fingerprint density at radius 3 is 2.43 bits per heavy atom. The van der Waals surface area contributed by atoms with Crippen molar-refractivity contribution in [1.82, 2.24) is 15.5 Å². The first-order chi connectivity index (χ1) is 9.99. The summed E-state index contributed by atoms with van der Waals surface area (Å²) in [5, 5.41) is 14.4. The van der Waals surface area contributed by atoms with Crippen molar-refractivity contribution in [3.8, 4) is 0 Å². The molecular formula is C15H23N3O3. The van der Waals surface area contributed by atoms with E-state index in [0.29, 0.717) is 13.1 Å². The molecule has 3 N–H and O–H groups in total. The Labute approximate surface area is 125 Å². The Morgan fingerprint density at radius 1 is 1.14 bits per heavy atom. The molecule has 0 unspecified atom stereocenters. The van der Waals surface area contributed by atoms with Crippen LogP contribution in [0.5, 0.6) is 0 Å². The first kappa shape index (κ1) is 17.0. The molecule has 116 valence electrons. The Balaban J connectivity index is 2.37. The number of hydrogen-bond donors (Lipinski definition) is 3. The van der Waals surface area contributed by atoms with Crippen LogP contribution >= 0.6 is 0 Å². The fourth-order valence-corrected chi connectivity index (χ4v) is 1.90. The summed E-state index contributed by atoms with van der Waals surface area (Å²) in [6.07, 6.45) is 0.846. The van der Waals surface area contributed by atoms with E-state index in [-0.39, 0.29) is 12.5 Å². The predicted octanol–water partition coefficient (Wildman–Crippen LogP) is 1.06. The normalized spacial score (nSPS) is 10.4. The lowest BCUT2D eigenvalue weighted by molar-refractivity contribution is -0.136. The summed E-state index contributed by atoms with van der Waals surface area (Å²) in [5.74, 6) is -0.879. The van der Waals surface area contributed by atoms with E-state index < -0.39 is 5.97 Å². The van der Waals surface area contributed by atoms with Crippen LogP contribution in [0.15, 0.2) is 24.3 Å². The molecule has 0 heterocycles. The molecule has 2 amide bonds. The predicted molar refractivity (Wildman–Crippen MR) is 81.2 cm³/mol. The number of aliphatic carboxylic acids is 1. The molecule has 0 saturated heterocycles. The van der Waals surface area contributed by atoms with E-state index in [1.807, 2.05) is 26.2 Å². The van der Waals surface area contributed by atoms with Gasteiger partial charge in [-0.3, -0.25) is 4.79 Å². The molecule has 0 atom stereocenters. The highest BCUT2D eigenvalue weighted by molar-refractivity contribution is 5.74. The molecule has 0 aliphatic rings. The van der Waals surface area contributed by atoms with Crippen LogP contribution in [0.4, 0.5) is 4.79 Å². The third-order valence-corrected chi connectivity index (χ3v) is 2.97. The first-order valence-electron chi connectivity index (χ1n) is 6.94. The summed E-state index contributed by atoms with van der Waals surface area (Å²) < 4.78 is 0. The lowest BCUT2D eigenvalue weighted by Gasteiger charge is -2.12. The monoisotopic (exact) mass is 293 g/mol. The summed E-state index contributed by atoms with van der Waals surface area (Å²) in [6.45, 7) is 1.85. The fourth-order valence-electron chi connectivity index (χ4n) is 1.90. The van der Waals surface area contributed by atoms with Gasteiger partial charge in [-0.25, -0.2) is 4.79 Å². The van der Waals surface area contributed by atoms with Crippen LogP contribution < -0.4 is 10.6 Å². The summed E-state index contributed by atoms with van der Waals surface area (Å²) in [5.41, 5.74) is 1.54. The van der Waals surface area contributed by atoms with E-state index in [2.05, 4.69) is 15.5 Å². The van der Waals surface area contributed by atoms with Gasteiger partial charge in [-0.1, -0.05) is 24.3 Å². The third-order valence-electron chi connectivity index (χ3n) is 2.97. The van der Waals surface area contributed by atoms with E-state index in [1.165, 1.54) is 0 Å². The lowest BCUT2D eigenvalue weighted by Crippen LogP contribution is -2.36. The van der Waals surface area contributed by atoms with Gasteiger partial charge in [0.05, 0.1) is 6.42 Å². The molecule has 21 heavy (non-hydrogen) atoms. The van der Waals surface area contributed by atoms with Gasteiger partial charge in [0.2, 0.25) is 0 Å². The molecule has 0 radical (unpaired) electrons. The molecule has 0 aromatic heterocycles. The lowest BCUT2D eigenvalue weighted by atomic mass is 10.0. The zero-order chi connectivity index (χ0) is 15.7. The number of amides is 2. The molecule has 0 bridgehead atoms. The van der Waals surface area contributed by atoms with Crippen molar-refractivity contribution < 1.29 is 14.7 Å². The Kier molecular flexibility index (Phi) is 7.25. The minimum Gasteiger partial charge on any atom is -0.481 e. The number of carboxylic acids is 1. The van der Waals surface area contributed by atoms with Crippen LogP contribution in [0, 0.1) is 0 Å². The van der Waals surface area contributed by atoms with Gasteiger partial charge < -0.3 is 20.6 Å². The topological polar surface area (TPSA) is 81.7 Å². The molecule has 0 saturated carbocycles. The average Bonchev–Trinajstić information content (AvgIpc) is 2.42. The van der Waals surface area contributed by atoms with Crippen LogP contribution in [-0.4, -0.2) is 49.2 Å². The van der Waals surface area contributed by atoms with Gasteiger partial charge in [-0.05, 0) is 38.2 Å². The second-order valence-electron chi connectivity index (χ2n) is 5.11. The molecule has 1 aromatic carbocycles. The number of benzene rings is 1. The number of nitrogens with one attached hydrogen (secondary N) is 2. The Bertz CT molecular complexity index is 475. The zero-order valence-corrected chi connectivity index (χ0v) is 12.6. The van der Waals surface area contributed by atoms with E-state index in [0.717, 1.165) is 24.1 Å². The highest BCUT2D eigenvalue weighted by Crippen LogP contribution is 2.09. The average molecular weight is 293 g/mol. The van der Waals surface area contributed by atoms with Gasteiger partial charge >= 0.3 is 12.0 Å². The molecular weight excluding hydrogens is 270 g/mol. The van der Waals surface area contributed by atoms with Crippen LogP contribution in [-0.2, 0) is 17.8 Å². The summed E-state index contributed by atoms with van der Waals surface area (Å²) >= 11 is 0. The Hall–Kier alpha value is -2.08. The first-order valence-corrected chi connectivity index (χ1v) is 6.94. The Morgan fingerprint density at radius 2 is 1.81 bits per heavy atom. The van der Waals surface area contributed by atoms with Gasteiger partial charge in [0, 0.05) is 13.1 Å². The molecule has 0 spiro atoms. The largest absolute Gasteiger partial charge is 0.481 e. The molecule has 0 aliphatic carbocycles. The van der Waals surface area contributed by atoms with Crippen molar-refractivity contribution in [2.24, 2.45) is 0 Å². The number of hydrogen-bond acceptors (Lipinski definition) is 3. The number of carbonyl (C=O) groups is 2. The quantitative estimate of drug-likeness (QED) is 0.626. The molecule has 1 rings (SSSR count). The van der Waals surface area contributed by atoms with E-state index in [9.17, 15) is 9.59 Å². The molecule has 6 nitrogen and oxygen atoms in total. The molecule has 6 heteroatoms. The fraction of sp³-hybridized carbons (Fsp3) is 0.467. The van der Waals surface area contributed by atoms with Gasteiger partial charge in [0.1, 0.15) is 0 Å². The van der Waals surface area contributed by atoms with Gasteiger partial charge in [-0.2, -0.15) is 0 Å². The maximum atomic E-state index is 11.6. The van der Waals surface area contributed by atoms with Crippen molar-refractivity contribution in [2.45, 2.75) is 19.4 Å². The van der Waals surface area contributed by atoms with E-state index in [4.69, 9.17) is 5.11 Å². The smallest absolute Gasteiger partial charge is 0.315 e. The van der Waals surface area contributed by atoms with Crippen molar-refractivity contribution in [2.75, 3.05) is 27.2 Å². The van der Waals surface area contributed by atoms with Crippen molar-refractivity contribution >= 4 is 12.0 Å². The maximum absolute atomic E-state index is 11.6. The van der Waals surface area contributed by atoms with Crippen LogP contribution in [0.2, 0.25) is 0 Å². The third kappa shape index (κ3) is 7.31. The highest BCUT2D eigenvalue weighted by Gasteiger charge is 2.07. The van der Waals surface area contributed by atoms with Crippen molar-refractivity contribution in [1.29, 1.82) is 0 Å². The summed E-state index contributed by atoms with van der Waals surface area (Å²) in [4.78, 5) is 24.5. The number of carboxylic acid groups (broad SMARTS) is 1. The van der Waals surface area contributed by atoms with Gasteiger partial charge in [0.25, 0.3) is 0 Å². The van der Waals surface area contributed by atoms with Crippen molar-refractivity contribution in [3.05, 3.63) is 35.4 Å².